The number of aliphatic hydroxyl groups is 3. The van der Waals surface area contributed by atoms with E-state index in [4.69, 9.17) is 4.74 Å². The zero-order chi connectivity index (χ0) is 34.9. The summed E-state index contributed by atoms with van der Waals surface area (Å²) < 4.78 is 5.83. The van der Waals surface area contributed by atoms with Gasteiger partial charge in [0.05, 0.1) is 12.1 Å². The number of amides is 2. The van der Waals surface area contributed by atoms with Gasteiger partial charge in [-0.05, 0) is 51.4 Å². The van der Waals surface area contributed by atoms with Crippen molar-refractivity contribution in [3.63, 3.8) is 0 Å². The fourth-order valence-electron chi connectivity index (χ4n) is 5.98. The van der Waals surface area contributed by atoms with Crippen molar-refractivity contribution in [2.45, 2.75) is 103 Å². The molecule has 0 aliphatic heterocycles. The fourth-order valence-corrected chi connectivity index (χ4v) is 5.98. The zero-order valence-corrected chi connectivity index (χ0v) is 30.1. The number of likely N-dealkylation sites (N-methyl/N-ethyl adjacent to an activating group) is 3. The van der Waals surface area contributed by atoms with Crippen LogP contribution in [0.5, 0.6) is 0 Å². The molecule has 1 saturated carbocycles. The van der Waals surface area contributed by atoms with Crippen LogP contribution in [0.4, 0.5) is 4.79 Å². The van der Waals surface area contributed by atoms with Crippen molar-refractivity contribution >= 4 is 12.0 Å². The Morgan fingerprint density at radius 1 is 0.915 bits per heavy atom. The minimum absolute atomic E-state index is 0.128. The standard InChI is InChI=1S/C36H65N5O6/c1-26(2)22-31(42)33(43)30(23-28-14-10-8-11-15-28)38-34(44)27(3)25-37-35(45)32(24-29-16-12-9-13-17-29)47-36(46)41(7)21-20-40(6)19-18-39(4)5/h9,12-13,16-17,26-28,30-33,35,37,42-43,45H,8,10-11,14-15,18-25H2,1-7H3,(H,38,44)/t27-,30+,31+,32+,33-,35?/m1/s1. The Labute approximate surface area is 284 Å². The van der Waals surface area contributed by atoms with E-state index >= 15 is 0 Å². The van der Waals surface area contributed by atoms with Crippen LogP contribution in [0.1, 0.15) is 71.3 Å². The molecule has 270 valence electrons. The number of nitrogens with one attached hydrogen (secondary N) is 2. The number of nitrogens with zero attached hydrogens (tertiary/aromatic N) is 3. The summed E-state index contributed by atoms with van der Waals surface area (Å²) in [6.45, 7) is 8.82. The summed E-state index contributed by atoms with van der Waals surface area (Å²) in [5.41, 5.74) is 0.905. The topological polar surface area (TPSA) is 138 Å². The van der Waals surface area contributed by atoms with E-state index < -0.39 is 42.6 Å². The molecular weight excluding hydrogens is 598 g/mol. The van der Waals surface area contributed by atoms with Crippen LogP contribution in [0.2, 0.25) is 0 Å². The fraction of sp³-hybridized carbons (Fsp3) is 0.778. The highest BCUT2D eigenvalue weighted by Crippen LogP contribution is 2.29. The normalized spacial score (nSPS) is 18.1. The lowest BCUT2D eigenvalue weighted by molar-refractivity contribution is -0.127. The van der Waals surface area contributed by atoms with Crippen molar-refractivity contribution in [2.24, 2.45) is 17.8 Å². The summed E-state index contributed by atoms with van der Waals surface area (Å²) in [6, 6.07) is 8.96. The molecule has 0 spiro atoms. The first-order chi connectivity index (χ1) is 22.3. The largest absolute Gasteiger partial charge is 0.442 e. The van der Waals surface area contributed by atoms with E-state index in [2.05, 4.69) is 20.4 Å². The minimum atomic E-state index is -1.22. The molecule has 2 amide bonds. The van der Waals surface area contributed by atoms with Gasteiger partial charge in [0, 0.05) is 52.1 Å². The summed E-state index contributed by atoms with van der Waals surface area (Å²) in [5, 5.41) is 39.0. The highest BCUT2D eigenvalue weighted by atomic mass is 16.6. The average Bonchev–Trinajstić information content (AvgIpc) is 3.04. The van der Waals surface area contributed by atoms with Gasteiger partial charge in [-0.3, -0.25) is 10.1 Å². The van der Waals surface area contributed by atoms with E-state index in [9.17, 15) is 24.9 Å². The molecule has 47 heavy (non-hydrogen) atoms. The number of ether oxygens (including phenoxy) is 1. The summed E-state index contributed by atoms with van der Waals surface area (Å²) in [4.78, 5) is 32.2. The quantitative estimate of drug-likeness (QED) is 0.126. The molecule has 0 heterocycles. The zero-order valence-electron chi connectivity index (χ0n) is 30.1. The first-order valence-corrected chi connectivity index (χ1v) is 17.6. The van der Waals surface area contributed by atoms with Crippen LogP contribution in [-0.4, -0.2) is 134 Å². The maximum absolute atomic E-state index is 13.4. The number of rotatable bonds is 21. The number of carbonyl (C=O) groups excluding carboxylic acids is 2. The number of hydrogen-bond donors (Lipinski definition) is 5. The van der Waals surface area contributed by atoms with Crippen molar-refractivity contribution < 1.29 is 29.6 Å². The summed E-state index contributed by atoms with van der Waals surface area (Å²) in [6.07, 6.45) is 2.37. The number of carbonyl (C=O) groups is 2. The maximum atomic E-state index is 13.4. The second-order valence-electron chi connectivity index (χ2n) is 14.4. The van der Waals surface area contributed by atoms with Gasteiger partial charge in [0.25, 0.3) is 0 Å². The van der Waals surface area contributed by atoms with E-state index in [1.165, 1.54) is 11.3 Å². The van der Waals surface area contributed by atoms with Gasteiger partial charge >= 0.3 is 6.09 Å². The molecule has 1 aromatic carbocycles. The minimum Gasteiger partial charge on any atom is -0.442 e. The molecule has 1 aromatic rings. The first kappa shape index (κ1) is 40.9. The van der Waals surface area contributed by atoms with Gasteiger partial charge in [0.15, 0.2) is 0 Å². The van der Waals surface area contributed by atoms with Crippen molar-refractivity contribution in [1.29, 1.82) is 0 Å². The van der Waals surface area contributed by atoms with Crippen LogP contribution < -0.4 is 10.6 Å². The van der Waals surface area contributed by atoms with E-state index in [-0.39, 0.29) is 18.4 Å². The Morgan fingerprint density at radius 2 is 1.55 bits per heavy atom. The second kappa shape index (κ2) is 21.6. The monoisotopic (exact) mass is 663 g/mol. The second-order valence-corrected chi connectivity index (χ2v) is 14.4. The van der Waals surface area contributed by atoms with Gasteiger partial charge in [-0.15, -0.1) is 0 Å². The van der Waals surface area contributed by atoms with Crippen molar-refractivity contribution in [2.75, 3.05) is 60.9 Å². The van der Waals surface area contributed by atoms with Crippen LogP contribution >= 0.6 is 0 Å². The lowest BCUT2D eigenvalue weighted by atomic mass is 9.82. The van der Waals surface area contributed by atoms with E-state index in [0.717, 1.165) is 44.3 Å². The van der Waals surface area contributed by atoms with E-state index in [1.807, 2.05) is 65.3 Å². The highest BCUT2D eigenvalue weighted by Gasteiger charge is 2.32. The van der Waals surface area contributed by atoms with Crippen molar-refractivity contribution in [3.05, 3.63) is 35.9 Å². The third kappa shape index (κ3) is 16.1. The van der Waals surface area contributed by atoms with Gasteiger partial charge in [-0.25, -0.2) is 4.79 Å². The predicted octanol–water partition coefficient (Wildman–Crippen LogP) is 2.93. The van der Waals surface area contributed by atoms with Gasteiger partial charge in [0.1, 0.15) is 18.4 Å². The van der Waals surface area contributed by atoms with Crippen molar-refractivity contribution in [3.8, 4) is 0 Å². The molecule has 0 aromatic heterocycles. The molecule has 1 fully saturated rings. The molecule has 6 atom stereocenters. The molecule has 0 radical (unpaired) electrons. The van der Waals surface area contributed by atoms with Crippen LogP contribution in [0.15, 0.2) is 30.3 Å². The van der Waals surface area contributed by atoms with E-state index in [1.54, 1.807) is 14.0 Å². The lowest BCUT2D eigenvalue weighted by Gasteiger charge is -2.33. The molecule has 0 bridgehead atoms. The molecule has 1 unspecified atom stereocenters. The van der Waals surface area contributed by atoms with Gasteiger partial charge < -0.3 is 40.1 Å². The van der Waals surface area contributed by atoms with Crippen LogP contribution in [0, 0.1) is 17.8 Å². The van der Waals surface area contributed by atoms with Crippen LogP contribution in [0.25, 0.3) is 0 Å². The Hall–Kier alpha value is -2.28. The van der Waals surface area contributed by atoms with Crippen LogP contribution in [0.3, 0.4) is 0 Å². The third-order valence-electron chi connectivity index (χ3n) is 9.18. The van der Waals surface area contributed by atoms with Gasteiger partial charge in [-0.1, -0.05) is 83.2 Å². The Bertz CT molecular complexity index is 1010. The van der Waals surface area contributed by atoms with Crippen molar-refractivity contribution in [1.82, 2.24) is 25.3 Å². The van der Waals surface area contributed by atoms with Gasteiger partial charge in [0.2, 0.25) is 5.91 Å². The average molecular weight is 664 g/mol. The molecule has 0 saturated heterocycles. The highest BCUT2D eigenvalue weighted by molar-refractivity contribution is 5.78. The predicted molar refractivity (Wildman–Crippen MR) is 187 cm³/mol. The lowest BCUT2D eigenvalue weighted by Crippen LogP contribution is -2.53. The summed E-state index contributed by atoms with van der Waals surface area (Å²) >= 11 is 0. The van der Waals surface area contributed by atoms with E-state index in [0.29, 0.717) is 38.3 Å². The number of aliphatic hydroxyl groups excluding tert-OH is 3. The van der Waals surface area contributed by atoms with Gasteiger partial charge in [-0.2, -0.15) is 0 Å². The molecule has 2 rings (SSSR count). The SMILES string of the molecule is CC(C)C[C@H](O)[C@H](O)[C@H](CC1CCCCC1)NC(=O)[C@H](C)CNC(O)[C@H](Cc1ccccc1)OC(=O)N(C)CCN(C)CCN(C)C. The molecule has 1 aliphatic rings. The summed E-state index contributed by atoms with van der Waals surface area (Å²) in [5.74, 6) is -0.213. The Balaban J connectivity index is 2.01. The smallest absolute Gasteiger partial charge is 0.409 e. The molecule has 1 aliphatic carbocycles. The molecule has 11 nitrogen and oxygen atoms in total. The first-order valence-electron chi connectivity index (χ1n) is 17.6. The maximum Gasteiger partial charge on any atom is 0.409 e. The molecular formula is C36H65N5O6. The summed E-state index contributed by atoms with van der Waals surface area (Å²) in [7, 11) is 7.75. The molecule has 5 N–H and O–H groups in total. The number of hydrogen-bond acceptors (Lipinski definition) is 9. The Kier molecular flexibility index (Phi) is 18.8. The number of benzene rings is 1. The molecule has 11 heteroatoms. The Morgan fingerprint density at radius 3 is 2.17 bits per heavy atom. The van der Waals surface area contributed by atoms with Crippen LogP contribution in [-0.2, 0) is 16.0 Å². The third-order valence-corrected chi connectivity index (χ3v) is 9.18.